The van der Waals surface area contributed by atoms with Crippen molar-refractivity contribution in [1.82, 2.24) is 0 Å². The molecule has 0 atom stereocenters. The fraction of sp³-hybridized carbons (Fsp3) is 0.517. The van der Waals surface area contributed by atoms with Crippen molar-refractivity contribution in [1.29, 1.82) is 0 Å². The zero-order valence-electron chi connectivity index (χ0n) is 21.9. The molecule has 3 N–H and O–H groups in total. The molecule has 5 nitrogen and oxygen atoms in total. The highest BCUT2D eigenvalue weighted by atomic mass is 16.5. The van der Waals surface area contributed by atoms with Crippen LogP contribution in [-0.2, 0) is 17.8 Å². The van der Waals surface area contributed by atoms with Crippen molar-refractivity contribution in [3.05, 3.63) is 58.7 Å². The van der Waals surface area contributed by atoms with E-state index >= 15 is 0 Å². The second kappa shape index (κ2) is 16.0. The van der Waals surface area contributed by atoms with Gasteiger partial charge >= 0.3 is 0 Å². The summed E-state index contributed by atoms with van der Waals surface area (Å²) >= 11 is 0. The lowest BCUT2D eigenvalue weighted by Gasteiger charge is -2.27. The van der Waals surface area contributed by atoms with Gasteiger partial charge < -0.3 is 15.8 Å². The van der Waals surface area contributed by atoms with Gasteiger partial charge in [-0.1, -0.05) is 58.4 Å². The first-order valence-electron chi connectivity index (χ1n) is 12.7. The molecule has 3 rings (SSSR count). The van der Waals surface area contributed by atoms with Crippen LogP contribution in [-0.4, -0.2) is 19.3 Å². The van der Waals surface area contributed by atoms with Crippen LogP contribution in [0.15, 0.2) is 36.4 Å². The molecule has 2 aromatic rings. The van der Waals surface area contributed by atoms with Gasteiger partial charge in [-0.25, -0.2) is 0 Å². The minimum Gasteiger partial charge on any atom is -0.496 e. The number of amides is 1. The Morgan fingerprint density at radius 2 is 1.79 bits per heavy atom. The topological polar surface area (TPSA) is 81.4 Å². The van der Waals surface area contributed by atoms with E-state index in [2.05, 4.69) is 12.2 Å². The second-order valence-corrected chi connectivity index (χ2v) is 8.46. The first-order chi connectivity index (χ1) is 16.5. The van der Waals surface area contributed by atoms with Gasteiger partial charge in [0.2, 0.25) is 5.91 Å². The summed E-state index contributed by atoms with van der Waals surface area (Å²) in [6.07, 6.45) is 7.40. The third-order valence-electron chi connectivity index (χ3n) is 6.48. The second-order valence-electron chi connectivity index (χ2n) is 8.46. The van der Waals surface area contributed by atoms with Gasteiger partial charge in [0.25, 0.3) is 0 Å². The van der Waals surface area contributed by atoms with Crippen molar-refractivity contribution < 1.29 is 14.3 Å². The van der Waals surface area contributed by atoms with Gasteiger partial charge in [0.05, 0.1) is 7.11 Å². The van der Waals surface area contributed by atoms with Crippen LogP contribution in [0.25, 0.3) is 0 Å². The number of carbonyl (C=O) groups excluding carboxylic acids is 2. The minimum atomic E-state index is 0.158. The number of ether oxygens (including phenoxy) is 1. The van der Waals surface area contributed by atoms with E-state index in [0.717, 1.165) is 65.2 Å². The summed E-state index contributed by atoms with van der Waals surface area (Å²) in [7, 11) is 1.65. The predicted octanol–water partition coefficient (Wildman–Crippen LogP) is 6.70. The van der Waals surface area contributed by atoms with Crippen LogP contribution in [0.3, 0.4) is 0 Å². The first-order valence-corrected chi connectivity index (χ1v) is 12.7. The lowest BCUT2D eigenvalue weighted by molar-refractivity contribution is -0.121. The zero-order chi connectivity index (χ0) is 25.5. The minimum absolute atomic E-state index is 0.158. The van der Waals surface area contributed by atoms with Crippen LogP contribution in [0.1, 0.15) is 86.8 Å². The van der Waals surface area contributed by atoms with Crippen LogP contribution in [0.2, 0.25) is 0 Å². The fourth-order valence-electron chi connectivity index (χ4n) is 4.36. The van der Waals surface area contributed by atoms with Gasteiger partial charge in [-0.15, -0.1) is 0 Å². The van der Waals surface area contributed by atoms with E-state index in [-0.39, 0.29) is 11.8 Å². The van der Waals surface area contributed by atoms with Crippen molar-refractivity contribution >= 4 is 17.9 Å². The number of aldehydes is 1. The summed E-state index contributed by atoms with van der Waals surface area (Å²) < 4.78 is 5.29. The van der Waals surface area contributed by atoms with Crippen molar-refractivity contribution in [3.8, 4) is 5.75 Å². The van der Waals surface area contributed by atoms with Crippen LogP contribution in [0, 0.1) is 18.8 Å². The molecule has 0 unspecified atom stereocenters. The van der Waals surface area contributed by atoms with E-state index in [9.17, 15) is 9.59 Å². The molecule has 0 heterocycles. The number of benzene rings is 2. The van der Waals surface area contributed by atoms with E-state index in [1.54, 1.807) is 7.11 Å². The summed E-state index contributed by atoms with van der Waals surface area (Å²) in [5.41, 5.74) is 10.4. The number of aryl methyl sites for hydroxylation is 1. The maximum absolute atomic E-state index is 12.3. The molecule has 0 bridgehead atoms. The molecule has 188 valence electrons. The maximum Gasteiger partial charge on any atom is 0.227 e. The third kappa shape index (κ3) is 8.60. The third-order valence-corrected chi connectivity index (χ3v) is 6.48. The largest absolute Gasteiger partial charge is 0.496 e. The Morgan fingerprint density at radius 1 is 1.12 bits per heavy atom. The van der Waals surface area contributed by atoms with Gasteiger partial charge in [0, 0.05) is 29.8 Å². The Morgan fingerprint density at radius 3 is 2.32 bits per heavy atom. The normalized spacial score (nSPS) is 16.8. The zero-order valence-corrected chi connectivity index (χ0v) is 21.9. The summed E-state index contributed by atoms with van der Waals surface area (Å²) in [5, 5.41) is 3.03. The van der Waals surface area contributed by atoms with E-state index in [1.807, 2.05) is 64.1 Å². The molecule has 1 aliphatic rings. The Bertz CT molecular complexity index is 887. The number of rotatable bonds is 7. The molecule has 2 aromatic carbocycles. The number of nitrogens with two attached hydrogens (primary N) is 1. The number of hydrogen-bond donors (Lipinski definition) is 2. The standard InChI is InChI=1S/C17H25NO2.C10H13NO.C2H6/c1-4-13-6-8-14(9-7-13)17(19)18-15-10-5-12(2)16(11-15)20-3;1-2-10-8(6-11)4-3-5-9(10)7-12;1-2/h5,10-11,13-14H,4,6-9H2,1-3H3,(H,18,19);3-5,7H,2,6,11H2,1H3;1-2H3. The Labute approximate surface area is 206 Å². The van der Waals surface area contributed by atoms with Crippen molar-refractivity contribution in [2.75, 3.05) is 12.4 Å². The lowest BCUT2D eigenvalue weighted by Crippen LogP contribution is -2.27. The fourth-order valence-corrected chi connectivity index (χ4v) is 4.36. The van der Waals surface area contributed by atoms with Gasteiger partial charge in [0.15, 0.2) is 0 Å². The Hall–Kier alpha value is -2.66. The van der Waals surface area contributed by atoms with E-state index < -0.39 is 0 Å². The van der Waals surface area contributed by atoms with Gasteiger partial charge in [-0.05, 0) is 67.7 Å². The molecule has 1 fully saturated rings. The SMILES string of the molecule is CC.CCC1CCC(C(=O)Nc2ccc(C)c(OC)c2)CC1.CCc1c(C=O)cccc1CN. The molecule has 0 saturated heterocycles. The van der Waals surface area contributed by atoms with Crippen LogP contribution >= 0.6 is 0 Å². The molecule has 1 saturated carbocycles. The molecule has 5 heteroatoms. The molecule has 0 radical (unpaired) electrons. The smallest absolute Gasteiger partial charge is 0.227 e. The maximum atomic E-state index is 12.3. The molecule has 0 aromatic heterocycles. The van der Waals surface area contributed by atoms with Gasteiger partial charge in [0.1, 0.15) is 12.0 Å². The highest BCUT2D eigenvalue weighted by Crippen LogP contribution is 2.31. The molecule has 0 aliphatic heterocycles. The van der Waals surface area contributed by atoms with E-state index in [0.29, 0.717) is 6.54 Å². The molecular weight excluding hydrogens is 424 g/mol. The highest BCUT2D eigenvalue weighted by Gasteiger charge is 2.25. The number of hydrogen-bond acceptors (Lipinski definition) is 4. The van der Waals surface area contributed by atoms with E-state index in [4.69, 9.17) is 10.5 Å². The highest BCUT2D eigenvalue weighted by molar-refractivity contribution is 5.92. The average molecular weight is 469 g/mol. The first kappa shape index (κ1) is 29.4. The van der Waals surface area contributed by atoms with Crippen LogP contribution in [0.4, 0.5) is 5.69 Å². The number of anilines is 1. The van der Waals surface area contributed by atoms with Gasteiger partial charge in [-0.2, -0.15) is 0 Å². The Balaban J connectivity index is 0.000000353. The Kier molecular flexibility index (Phi) is 13.9. The number of methoxy groups -OCH3 is 1. The summed E-state index contributed by atoms with van der Waals surface area (Å²) in [6.45, 7) is 10.8. The molecule has 1 aliphatic carbocycles. The molecule has 0 spiro atoms. The molecule has 1 amide bonds. The number of carbonyl (C=O) groups is 2. The summed E-state index contributed by atoms with van der Waals surface area (Å²) in [5.74, 6) is 1.96. The monoisotopic (exact) mass is 468 g/mol. The number of nitrogens with one attached hydrogen (secondary N) is 1. The van der Waals surface area contributed by atoms with Crippen LogP contribution in [0.5, 0.6) is 5.75 Å². The lowest BCUT2D eigenvalue weighted by atomic mass is 9.80. The predicted molar refractivity (Wildman–Crippen MR) is 143 cm³/mol. The average Bonchev–Trinajstić information content (AvgIpc) is 2.90. The van der Waals surface area contributed by atoms with Gasteiger partial charge in [-0.3, -0.25) is 9.59 Å². The van der Waals surface area contributed by atoms with E-state index in [1.165, 1.54) is 19.3 Å². The van der Waals surface area contributed by atoms with Crippen LogP contribution < -0.4 is 15.8 Å². The van der Waals surface area contributed by atoms with Crippen molar-refractivity contribution in [2.24, 2.45) is 17.6 Å². The van der Waals surface area contributed by atoms with Crippen molar-refractivity contribution in [2.45, 2.75) is 79.7 Å². The quantitative estimate of drug-likeness (QED) is 0.443. The molecular formula is C29H44N2O3. The van der Waals surface area contributed by atoms with Crippen molar-refractivity contribution in [3.63, 3.8) is 0 Å². The summed E-state index contributed by atoms with van der Waals surface area (Å²) in [6, 6.07) is 11.5. The molecule has 34 heavy (non-hydrogen) atoms. The summed E-state index contributed by atoms with van der Waals surface area (Å²) in [4.78, 5) is 22.9.